The van der Waals surface area contributed by atoms with Crippen LogP contribution >= 0.6 is 0 Å². The van der Waals surface area contributed by atoms with Crippen molar-refractivity contribution in [1.29, 1.82) is 0 Å². The molecule has 0 spiro atoms. The van der Waals surface area contributed by atoms with Crippen LogP contribution in [-0.4, -0.2) is 44.1 Å². The highest BCUT2D eigenvalue weighted by Crippen LogP contribution is 2.41. The molecular weight excluding hydrogens is 618 g/mol. The van der Waals surface area contributed by atoms with Gasteiger partial charge in [-0.1, -0.05) is 74.5 Å². The van der Waals surface area contributed by atoms with E-state index in [1.807, 2.05) is 48.5 Å². The van der Waals surface area contributed by atoms with Gasteiger partial charge in [0.05, 0.1) is 35.1 Å². The smallest absolute Gasteiger partial charge is 0.343 e. The van der Waals surface area contributed by atoms with Crippen molar-refractivity contribution in [3.8, 4) is 17.1 Å². The second-order valence-corrected chi connectivity index (χ2v) is 13.1. The topological polar surface area (TPSA) is 111 Å². The third-order valence-corrected chi connectivity index (χ3v) is 10.5. The highest BCUT2D eigenvalue weighted by Gasteiger charge is 2.45. The zero-order chi connectivity index (χ0) is 33.9. The molecule has 9 heteroatoms. The molecular formula is C40H37N3O6. The SMILES string of the molecule is CCc1c2c(nc3ccc(OC(=O)[C@@H]4CCCN4C(c4ccccc4)c4ccccc4)cc13)-c1cc3c(c(=O)n1C2)COC(=O)[C@]3(O)CC. The van der Waals surface area contributed by atoms with Crippen LogP contribution in [0.15, 0.2) is 89.7 Å². The molecule has 3 aliphatic rings. The highest BCUT2D eigenvalue weighted by atomic mass is 16.6. The molecule has 9 nitrogen and oxygen atoms in total. The van der Waals surface area contributed by atoms with E-state index in [9.17, 15) is 19.5 Å². The maximum Gasteiger partial charge on any atom is 0.343 e. The predicted octanol–water partition coefficient (Wildman–Crippen LogP) is 5.80. The lowest BCUT2D eigenvalue weighted by atomic mass is 9.86. The molecule has 2 atom stereocenters. The Labute approximate surface area is 283 Å². The number of pyridine rings is 2. The van der Waals surface area contributed by atoms with Gasteiger partial charge in [0, 0.05) is 23.1 Å². The van der Waals surface area contributed by atoms with Crippen molar-refractivity contribution in [2.75, 3.05) is 6.54 Å². The molecule has 1 saturated heterocycles. The third kappa shape index (κ3) is 4.99. The van der Waals surface area contributed by atoms with Crippen molar-refractivity contribution in [1.82, 2.24) is 14.5 Å². The van der Waals surface area contributed by atoms with Gasteiger partial charge in [0.2, 0.25) is 0 Å². The standard InChI is InChI=1S/C40H37N3O6/c1-3-27-28-20-26(49-38(45)33-16-11-19-42(33)36(24-12-7-5-8-13-24)25-14-9-6-10-15-25)17-18-32(28)41-35-29(27)22-43-34(35)21-31-30(37(43)44)23-48-39(46)40(31,47)4-2/h5-10,12-15,17-18,20-21,33,36,47H,3-4,11,16,19,22-23H2,1-2H3/t33-,40-/m0/s1. The molecule has 0 saturated carbocycles. The Morgan fingerprint density at radius 1 is 1.00 bits per heavy atom. The first-order chi connectivity index (χ1) is 23.8. The summed E-state index contributed by atoms with van der Waals surface area (Å²) in [5, 5.41) is 12.1. The number of aromatic nitrogens is 2. The number of carbonyl (C=O) groups excluding carboxylic acids is 2. The average Bonchev–Trinajstić information content (AvgIpc) is 3.76. The van der Waals surface area contributed by atoms with Crippen molar-refractivity contribution < 1.29 is 24.2 Å². The molecule has 1 fully saturated rings. The summed E-state index contributed by atoms with van der Waals surface area (Å²) in [5.74, 6) is -0.585. The Balaban J connectivity index is 1.13. The summed E-state index contributed by atoms with van der Waals surface area (Å²) in [6, 6.07) is 27.3. The number of likely N-dealkylation sites (tertiary alicyclic amines) is 1. The number of fused-ring (bicyclic) bond motifs is 5. The number of esters is 2. The van der Waals surface area contributed by atoms with Gasteiger partial charge < -0.3 is 19.1 Å². The maximum absolute atomic E-state index is 13.9. The fourth-order valence-corrected chi connectivity index (χ4v) is 7.99. The number of rotatable bonds is 7. The summed E-state index contributed by atoms with van der Waals surface area (Å²) < 4.78 is 13.0. The molecule has 0 radical (unpaired) electrons. The fourth-order valence-electron chi connectivity index (χ4n) is 7.99. The zero-order valence-electron chi connectivity index (χ0n) is 27.5. The Bertz CT molecular complexity index is 2140. The van der Waals surface area contributed by atoms with Crippen LogP contribution < -0.4 is 10.3 Å². The van der Waals surface area contributed by atoms with E-state index in [0.717, 1.165) is 40.6 Å². The van der Waals surface area contributed by atoms with E-state index in [1.165, 1.54) is 0 Å². The molecule has 3 aliphatic heterocycles. The van der Waals surface area contributed by atoms with Crippen molar-refractivity contribution in [3.05, 3.63) is 129 Å². The minimum Gasteiger partial charge on any atom is -0.458 e. The van der Waals surface area contributed by atoms with Gasteiger partial charge in [-0.15, -0.1) is 0 Å². The molecule has 1 N–H and O–H groups in total. The van der Waals surface area contributed by atoms with Gasteiger partial charge in [-0.2, -0.15) is 0 Å². The highest BCUT2D eigenvalue weighted by molar-refractivity contribution is 5.90. The van der Waals surface area contributed by atoms with Gasteiger partial charge in [-0.05, 0) is 66.6 Å². The number of aliphatic hydroxyl groups is 1. The van der Waals surface area contributed by atoms with Crippen molar-refractivity contribution >= 4 is 22.8 Å². The minimum atomic E-state index is -1.88. The van der Waals surface area contributed by atoms with Crippen LogP contribution in [0, 0.1) is 0 Å². The zero-order valence-corrected chi connectivity index (χ0v) is 27.5. The number of benzene rings is 3. The van der Waals surface area contributed by atoms with Gasteiger partial charge in [0.15, 0.2) is 5.60 Å². The van der Waals surface area contributed by atoms with E-state index in [-0.39, 0.29) is 30.6 Å². The molecule has 5 heterocycles. The van der Waals surface area contributed by atoms with Gasteiger partial charge in [0.1, 0.15) is 18.4 Å². The van der Waals surface area contributed by atoms with Crippen molar-refractivity contribution in [3.63, 3.8) is 0 Å². The van der Waals surface area contributed by atoms with Crippen molar-refractivity contribution in [2.24, 2.45) is 0 Å². The molecule has 0 unspecified atom stereocenters. The molecule has 2 aromatic heterocycles. The molecule has 0 aliphatic carbocycles. The Kier molecular flexibility index (Phi) is 7.69. The summed E-state index contributed by atoms with van der Waals surface area (Å²) in [5.41, 5.74) is 4.50. The predicted molar refractivity (Wildman–Crippen MR) is 184 cm³/mol. The Morgan fingerprint density at radius 3 is 2.39 bits per heavy atom. The van der Waals surface area contributed by atoms with Crippen LogP contribution in [0.1, 0.15) is 72.5 Å². The molecule has 248 valence electrons. The van der Waals surface area contributed by atoms with E-state index in [1.54, 1.807) is 23.6 Å². The summed E-state index contributed by atoms with van der Waals surface area (Å²) in [6.07, 6.45) is 2.34. The number of nitrogens with zero attached hydrogens (tertiary/aromatic N) is 3. The molecule has 0 amide bonds. The largest absolute Gasteiger partial charge is 0.458 e. The molecule has 0 bridgehead atoms. The van der Waals surface area contributed by atoms with Crippen LogP contribution in [0.2, 0.25) is 0 Å². The van der Waals surface area contributed by atoms with E-state index >= 15 is 0 Å². The molecule has 3 aromatic carbocycles. The first kappa shape index (κ1) is 31.2. The number of ether oxygens (including phenoxy) is 2. The van der Waals surface area contributed by atoms with Crippen LogP contribution in [-0.2, 0) is 39.5 Å². The second-order valence-electron chi connectivity index (χ2n) is 13.1. The second kappa shape index (κ2) is 12.1. The summed E-state index contributed by atoms with van der Waals surface area (Å²) in [4.78, 5) is 47.4. The van der Waals surface area contributed by atoms with Gasteiger partial charge >= 0.3 is 11.9 Å². The molecule has 49 heavy (non-hydrogen) atoms. The van der Waals surface area contributed by atoms with Crippen LogP contribution in [0.25, 0.3) is 22.3 Å². The number of hydrogen-bond donors (Lipinski definition) is 1. The Morgan fingerprint density at radius 2 is 1.71 bits per heavy atom. The summed E-state index contributed by atoms with van der Waals surface area (Å²) >= 11 is 0. The lowest BCUT2D eigenvalue weighted by molar-refractivity contribution is -0.172. The third-order valence-electron chi connectivity index (χ3n) is 10.5. The van der Waals surface area contributed by atoms with Gasteiger partial charge in [0.25, 0.3) is 5.56 Å². The van der Waals surface area contributed by atoms with Crippen LogP contribution in [0.5, 0.6) is 5.75 Å². The summed E-state index contributed by atoms with van der Waals surface area (Å²) in [6.45, 7) is 4.66. The monoisotopic (exact) mass is 655 g/mol. The number of hydrogen-bond acceptors (Lipinski definition) is 8. The van der Waals surface area contributed by atoms with E-state index in [0.29, 0.717) is 53.2 Å². The van der Waals surface area contributed by atoms with Gasteiger partial charge in [-0.25, -0.2) is 14.6 Å². The van der Waals surface area contributed by atoms with E-state index in [4.69, 9.17) is 14.5 Å². The lowest BCUT2D eigenvalue weighted by Gasteiger charge is -2.32. The first-order valence-electron chi connectivity index (χ1n) is 17.0. The minimum absolute atomic E-state index is 0.0776. The van der Waals surface area contributed by atoms with Crippen molar-refractivity contribution in [2.45, 2.75) is 70.4 Å². The van der Waals surface area contributed by atoms with Crippen LogP contribution in [0.4, 0.5) is 0 Å². The first-order valence-corrected chi connectivity index (χ1v) is 17.0. The maximum atomic E-state index is 13.9. The quantitative estimate of drug-likeness (QED) is 0.170. The normalized spacial score (nSPS) is 19.8. The lowest BCUT2D eigenvalue weighted by Crippen LogP contribution is -2.44. The van der Waals surface area contributed by atoms with E-state index in [2.05, 4.69) is 36.1 Å². The molecule has 8 rings (SSSR count). The van der Waals surface area contributed by atoms with E-state index < -0.39 is 17.6 Å². The Hall–Kier alpha value is -5.12. The number of aryl methyl sites for hydroxylation is 1. The van der Waals surface area contributed by atoms with Gasteiger partial charge in [-0.3, -0.25) is 9.69 Å². The number of carbonyl (C=O) groups is 2. The fraction of sp³-hybridized carbons (Fsp3) is 0.300. The van der Waals surface area contributed by atoms with Crippen LogP contribution in [0.3, 0.4) is 0 Å². The number of cyclic esters (lactones) is 1. The summed E-state index contributed by atoms with van der Waals surface area (Å²) in [7, 11) is 0. The molecule has 5 aromatic rings. The average molecular weight is 656 g/mol.